The van der Waals surface area contributed by atoms with Gasteiger partial charge in [-0.3, -0.25) is 0 Å². The summed E-state index contributed by atoms with van der Waals surface area (Å²) in [5, 5.41) is 13.5. The molecule has 2 aromatic heterocycles. The lowest BCUT2D eigenvalue weighted by molar-refractivity contribution is 0.794. The number of rotatable bonds is 2. The van der Waals surface area contributed by atoms with E-state index in [0.717, 1.165) is 6.42 Å². The number of hydrogen-bond donors (Lipinski definition) is 0. The zero-order chi connectivity index (χ0) is 31.3. The topological polar surface area (TPSA) is 0 Å². The first-order valence-electron chi connectivity index (χ1n) is 16.7. The summed E-state index contributed by atoms with van der Waals surface area (Å²) in [6.45, 7) is 0. The fourth-order valence-corrected chi connectivity index (χ4v) is 10.8. The summed E-state index contributed by atoms with van der Waals surface area (Å²) >= 11 is 3.83. The third kappa shape index (κ3) is 3.76. The van der Waals surface area contributed by atoms with Gasteiger partial charge < -0.3 is 0 Å². The van der Waals surface area contributed by atoms with Crippen LogP contribution in [0, 0.1) is 5.92 Å². The molecule has 0 radical (unpaired) electrons. The molecule has 0 nitrogen and oxygen atoms in total. The SMILES string of the molecule is C1=CC2=CC=C(c3c4ccccc4c(-c4ccc5c(c4)sc4ccc6ccc7sc8ccccc8c7c6c45)c4ccccc34)CC2C=C1. The molecular formula is C46H28S2. The Morgan fingerprint density at radius 3 is 1.83 bits per heavy atom. The molecular weight excluding hydrogens is 617 g/mol. The van der Waals surface area contributed by atoms with Crippen molar-refractivity contribution >= 4 is 101 Å². The second kappa shape index (κ2) is 10.1. The van der Waals surface area contributed by atoms with Gasteiger partial charge in [-0.15, -0.1) is 22.7 Å². The van der Waals surface area contributed by atoms with Gasteiger partial charge in [0.15, 0.2) is 0 Å². The van der Waals surface area contributed by atoms with Crippen LogP contribution in [-0.4, -0.2) is 0 Å². The third-order valence-electron chi connectivity index (χ3n) is 10.6. The monoisotopic (exact) mass is 644 g/mol. The van der Waals surface area contributed by atoms with E-state index in [1.165, 1.54) is 100 Å². The van der Waals surface area contributed by atoms with Crippen LogP contribution in [-0.2, 0) is 0 Å². The largest absolute Gasteiger partial charge is 0.135 e. The highest BCUT2D eigenvalue weighted by atomic mass is 32.1. The maximum atomic E-state index is 2.46. The van der Waals surface area contributed by atoms with Crippen LogP contribution in [0.15, 0.2) is 157 Å². The molecule has 48 heavy (non-hydrogen) atoms. The minimum atomic E-state index is 0.437. The van der Waals surface area contributed by atoms with E-state index >= 15 is 0 Å². The molecule has 0 saturated carbocycles. The van der Waals surface area contributed by atoms with Crippen molar-refractivity contribution in [3.63, 3.8) is 0 Å². The lowest BCUT2D eigenvalue weighted by Crippen LogP contribution is -2.07. The first-order valence-corrected chi connectivity index (χ1v) is 18.3. The van der Waals surface area contributed by atoms with E-state index in [1.54, 1.807) is 0 Å². The first kappa shape index (κ1) is 26.8. The summed E-state index contributed by atoms with van der Waals surface area (Å²) in [4.78, 5) is 0. The Hall–Kier alpha value is -5.28. The van der Waals surface area contributed by atoms with E-state index < -0.39 is 0 Å². The van der Waals surface area contributed by atoms with Crippen LogP contribution in [0.2, 0.25) is 0 Å². The minimum Gasteiger partial charge on any atom is -0.135 e. The van der Waals surface area contributed by atoms with Gasteiger partial charge in [-0.2, -0.15) is 0 Å². The molecule has 11 rings (SSSR count). The summed E-state index contributed by atoms with van der Waals surface area (Å²) < 4.78 is 5.41. The number of allylic oxidation sites excluding steroid dienone is 8. The highest BCUT2D eigenvalue weighted by molar-refractivity contribution is 7.27. The predicted molar refractivity (Wildman–Crippen MR) is 213 cm³/mol. The average Bonchev–Trinajstić information content (AvgIpc) is 3.71. The van der Waals surface area contributed by atoms with Crippen molar-refractivity contribution in [3.05, 3.63) is 163 Å². The molecule has 2 aliphatic carbocycles. The van der Waals surface area contributed by atoms with Gasteiger partial charge in [0.2, 0.25) is 0 Å². The average molecular weight is 645 g/mol. The van der Waals surface area contributed by atoms with Crippen LogP contribution in [0.1, 0.15) is 12.0 Å². The Bertz CT molecular complexity index is 2920. The molecule has 7 aromatic carbocycles. The maximum absolute atomic E-state index is 2.46. The van der Waals surface area contributed by atoms with Gasteiger partial charge >= 0.3 is 0 Å². The molecule has 2 aliphatic rings. The Kier molecular flexibility index (Phi) is 5.63. The highest BCUT2D eigenvalue weighted by Gasteiger charge is 2.23. The Morgan fingerprint density at radius 1 is 0.479 bits per heavy atom. The molecule has 0 amide bonds. The number of fused-ring (bicyclic) bond motifs is 12. The zero-order valence-electron chi connectivity index (χ0n) is 26.0. The summed E-state index contributed by atoms with van der Waals surface area (Å²) in [5.41, 5.74) is 6.81. The van der Waals surface area contributed by atoms with E-state index in [0.29, 0.717) is 5.92 Å². The molecule has 2 heteroatoms. The molecule has 0 bridgehead atoms. The first-order chi connectivity index (χ1) is 23.8. The number of hydrogen-bond acceptors (Lipinski definition) is 2. The standard InChI is InChI=1S/C46H28S2/c1-2-10-29-25-30(18-17-27(29)9-1)42-32-11-3-5-13-34(32)43(35-14-6-4-12-33(35)42)31-19-22-37-41(26-31)48-40-24-21-28-20-23-39-45(44(28)46(37)40)36-15-7-8-16-38(36)47-39/h1-24,26,29H,25H2. The highest BCUT2D eigenvalue weighted by Crippen LogP contribution is 2.48. The van der Waals surface area contributed by atoms with Gasteiger partial charge in [-0.1, -0.05) is 127 Å². The molecule has 1 atom stereocenters. The Balaban J connectivity index is 1.18. The van der Waals surface area contributed by atoms with Gasteiger partial charge in [0.1, 0.15) is 0 Å². The minimum absolute atomic E-state index is 0.437. The van der Waals surface area contributed by atoms with Gasteiger partial charge in [0.05, 0.1) is 0 Å². The van der Waals surface area contributed by atoms with Gasteiger partial charge in [0.25, 0.3) is 0 Å². The van der Waals surface area contributed by atoms with Crippen molar-refractivity contribution < 1.29 is 0 Å². The van der Waals surface area contributed by atoms with E-state index in [-0.39, 0.29) is 0 Å². The van der Waals surface area contributed by atoms with Crippen molar-refractivity contribution in [2.45, 2.75) is 6.42 Å². The van der Waals surface area contributed by atoms with Crippen LogP contribution in [0.5, 0.6) is 0 Å². The van der Waals surface area contributed by atoms with E-state index in [9.17, 15) is 0 Å². The molecule has 0 aliphatic heterocycles. The molecule has 224 valence electrons. The Morgan fingerprint density at radius 2 is 1.10 bits per heavy atom. The van der Waals surface area contributed by atoms with Crippen LogP contribution in [0.25, 0.3) is 89.4 Å². The number of thiophene rings is 2. The van der Waals surface area contributed by atoms with Crippen molar-refractivity contribution in [2.24, 2.45) is 5.92 Å². The van der Waals surface area contributed by atoms with Gasteiger partial charge in [-0.25, -0.2) is 0 Å². The van der Waals surface area contributed by atoms with Crippen molar-refractivity contribution in [1.29, 1.82) is 0 Å². The van der Waals surface area contributed by atoms with Crippen LogP contribution in [0.3, 0.4) is 0 Å². The summed E-state index contributed by atoms with van der Waals surface area (Å²) in [7, 11) is 0. The van der Waals surface area contributed by atoms with Crippen LogP contribution >= 0.6 is 22.7 Å². The van der Waals surface area contributed by atoms with Crippen LogP contribution in [0.4, 0.5) is 0 Å². The second-order valence-corrected chi connectivity index (χ2v) is 15.3. The molecule has 2 heterocycles. The van der Waals surface area contributed by atoms with Gasteiger partial charge in [-0.05, 0) is 85.5 Å². The normalized spacial score (nSPS) is 16.1. The smallest absolute Gasteiger partial charge is 0.0362 e. The van der Waals surface area contributed by atoms with Crippen molar-refractivity contribution in [1.82, 2.24) is 0 Å². The van der Waals surface area contributed by atoms with Crippen LogP contribution < -0.4 is 0 Å². The molecule has 9 aromatic rings. The molecule has 0 N–H and O–H groups in total. The quantitative estimate of drug-likeness (QED) is 0.164. The van der Waals surface area contributed by atoms with Gasteiger partial charge in [0, 0.05) is 51.6 Å². The van der Waals surface area contributed by atoms with E-state index in [4.69, 9.17) is 0 Å². The fourth-order valence-electron chi connectivity index (χ4n) is 8.49. The van der Waals surface area contributed by atoms with Crippen molar-refractivity contribution in [3.8, 4) is 11.1 Å². The predicted octanol–water partition coefficient (Wildman–Crippen LogP) is 14.0. The maximum Gasteiger partial charge on any atom is 0.0362 e. The van der Waals surface area contributed by atoms with Crippen molar-refractivity contribution in [2.75, 3.05) is 0 Å². The Labute approximate surface area is 285 Å². The lowest BCUT2D eigenvalue weighted by Gasteiger charge is -2.25. The summed E-state index contributed by atoms with van der Waals surface area (Å²) in [5.74, 6) is 0.437. The molecule has 0 spiro atoms. The lowest BCUT2D eigenvalue weighted by atomic mass is 9.79. The summed E-state index contributed by atoms with van der Waals surface area (Å²) in [6, 6.07) is 43.5. The third-order valence-corrected chi connectivity index (χ3v) is 12.8. The molecule has 1 unspecified atom stereocenters. The van der Waals surface area contributed by atoms with E-state index in [1.807, 2.05) is 22.7 Å². The fraction of sp³-hybridized carbons (Fsp3) is 0.0435. The second-order valence-electron chi connectivity index (χ2n) is 13.1. The molecule has 0 saturated heterocycles. The zero-order valence-corrected chi connectivity index (χ0v) is 27.7. The number of benzene rings is 7. The summed E-state index contributed by atoms with van der Waals surface area (Å²) in [6.07, 6.45) is 14.7. The molecule has 0 fully saturated rings. The van der Waals surface area contributed by atoms with E-state index in [2.05, 4.69) is 152 Å².